The number of likely N-dealkylation sites (tertiary alicyclic amines) is 2. The molecule has 45 heavy (non-hydrogen) atoms. The molecule has 0 aromatic rings. The topological polar surface area (TPSA) is 62.2 Å². The van der Waals surface area contributed by atoms with E-state index in [-0.39, 0.29) is 29.6 Å². The fourth-order valence-corrected chi connectivity index (χ4v) is 8.12. The number of esters is 1. The van der Waals surface area contributed by atoms with Gasteiger partial charge in [-0.3, -0.25) is 9.69 Å². The second-order valence-electron chi connectivity index (χ2n) is 16.3. The number of unbranched alkanes of at least 4 members (excludes halogenated alkanes) is 9. The molecule has 2 atom stereocenters. The number of hydrogen-bond acceptors (Lipinski definition) is 6. The maximum absolute atomic E-state index is 13.2. The van der Waals surface area contributed by atoms with Gasteiger partial charge in [0.15, 0.2) is 8.32 Å². The number of carbonyl (C=O) groups is 1. The number of carbonyl (C=O) groups excluding carboxylic acids is 1. The minimum absolute atomic E-state index is 0.0203. The number of piperidine rings is 2. The Kier molecular flexibility index (Phi) is 19.4. The van der Waals surface area contributed by atoms with Crippen LogP contribution in [0.3, 0.4) is 0 Å². The van der Waals surface area contributed by atoms with Crippen LogP contribution in [0.2, 0.25) is 18.1 Å². The van der Waals surface area contributed by atoms with Crippen molar-refractivity contribution in [3.63, 3.8) is 0 Å². The molecule has 7 heteroatoms. The highest BCUT2D eigenvalue weighted by Gasteiger charge is 2.39. The molecule has 1 spiro atoms. The Morgan fingerprint density at radius 2 is 1.33 bits per heavy atom. The standard InChI is InChI=1S/C38H76N2O4Si/c1-8-10-12-14-15-17-21-34(20-16-13-11-9-2)36(42)43-33-35(32-41)40-29-24-38(25-30-40)22-27-39(28-23-38)26-18-19-31-44-45(6,7)37(3,4)5/h34-35,41H,8-33H2,1-7H3. The maximum Gasteiger partial charge on any atom is 0.308 e. The fraction of sp³-hybridized carbons (Fsp3) is 0.974. The first-order valence-electron chi connectivity index (χ1n) is 19.3. The lowest BCUT2D eigenvalue weighted by Crippen LogP contribution is -2.51. The Labute approximate surface area is 280 Å². The van der Waals surface area contributed by atoms with Gasteiger partial charge in [0.05, 0.1) is 18.6 Å². The summed E-state index contributed by atoms with van der Waals surface area (Å²) in [4.78, 5) is 18.3. The highest BCUT2D eigenvalue weighted by molar-refractivity contribution is 6.74. The Hall–Kier alpha value is -0.473. The zero-order valence-electron chi connectivity index (χ0n) is 31.1. The summed E-state index contributed by atoms with van der Waals surface area (Å²) in [5, 5.41) is 10.6. The summed E-state index contributed by atoms with van der Waals surface area (Å²) in [5.74, 6) is -0.00203. The van der Waals surface area contributed by atoms with E-state index in [0.717, 1.165) is 51.8 Å². The van der Waals surface area contributed by atoms with E-state index in [0.29, 0.717) is 12.0 Å². The van der Waals surface area contributed by atoms with Crippen molar-refractivity contribution in [2.75, 3.05) is 52.5 Å². The molecule has 0 aromatic heterocycles. The molecule has 2 aliphatic heterocycles. The van der Waals surface area contributed by atoms with Crippen molar-refractivity contribution in [3.8, 4) is 0 Å². The second-order valence-corrected chi connectivity index (χ2v) is 21.1. The second kappa shape index (κ2) is 21.5. The molecular weight excluding hydrogens is 577 g/mol. The van der Waals surface area contributed by atoms with Crippen molar-refractivity contribution in [2.45, 2.75) is 174 Å². The van der Waals surface area contributed by atoms with Gasteiger partial charge in [-0.05, 0) is 108 Å². The molecule has 0 amide bonds. The van der Waals surface area contributed by atoms with Gasteiger partial charge in [0.2, 0.25) is 0 Å². The molecule has 6 nitrogen and oxygen atoms in total. The highest BCUT2D eigenvalue weighted by Crippen LogP contribution is 2.42. The van der Waals surface area contributed by atoms with Gasteiger partial charge in [-0.15, -0.1) is 0 Å². The van der Waals surface area contributed by atoms with E-state index < -0.39 is 8.32 Å². The number of aliphatic hydroxyl groups excluding tert-OH is 1. The summed E-state index contributed by atoms with van der Waals surface area (Å²) < 4.78 is 12.3. The van der Waals surface area contributed by atoms with Crippen LogP contribution in [0.4, 0.5) is 0 Å². The lowest BCUT2D eigenvalue weighted by molar-refractivity contribution is -0.152. The van der Waals surface area contributed by atoms with Crippen molar-refractivity contribution in [3.05, 3.63) is 0 Å². The smallest absolute Gasteiger partial charge is 0.308 e. The average Bonchev–Trinajstić information content (AvgIpc) is 3.01. The molecule has 2 unspecified atom stereocenters. The lowest BCUT2D eigenvalue weighted by atomic mass is 9.71. The van der Waals surface area contributed by atoms with E-state index in [1.165, 1.54) is 103 Å². The summed E-state index contributed by atoms with van der Waals surface area (Å²) in [6.07, 6.45) is 21.6. The van der Waals surface area contributed by atoms with Crippen molar-refractivity contribution in [2.24, 2.45) is 11.3 Å². The molecule has 0 aromatic carbocycles. The summed E-state index contributed by atoms with van der Waals surface area (Å²) in [5.41, 5.74) is 0.454. The molecule has 1 N–H and O–H groups in total. The Bertz CT molecular complexity index is 768. The Morgan fingerprint density at radius 1 is 0.800 bits per heavy atom. The highest BCUT2D eigenvalue weighted by atomic mass is 28.4. The first-order valence-corrected chi connectivity index (χ1v) is 22.3. The van der Waals surface area contributed by atoms with Crippen LogP contribution in [-0.2, 0) is 14.0 Å². The summed E-state index contributed by atoms with van der Waals surface area (Å²) >= 11 is 0. The molecule has 0 bridgehead atoms. The van der Waals surface area contributed by atoms with Gasteiger partial charge < -0.3 is 19.2 Å². The minimum Gasteiger partial charge on any atom is -0.464 e. The third kappa shape index (κ3) is 15.1. The molecule has 0 aliphatic carbocycles. The van der Waals surface area contributed by atoms with Crippen LogP contribution in [0.15, 0.2) is 0 Å². The summed E-state index contributed by atoms with van der Waals surface area (Å²) in [7, 11) is -1.63. The van der Waals surface area contributed by atoms with Crippen LogP contribution in [0.25, 0.3) is 0 Å². The van der Waals surface area contributed by atoms with E-state index in [1.807, 2.05) is 0 Å². The maximum atomic E-state index is 13.2. The number of nitrogens with zero attached hydrogens (tertiary/aromatic N) is 2. The van der Waals surface area contributed by atoms with Gasteiger partial charge in [0.1, 0.15) is 6.61 Å². The summed E-state index contributed by atoms with van der Waals surface area (Å²) in [6.45, 7) is 23.1. The fourth-order valence-electron chi connectivity index (χ4n) is 7.03. The van der Waals surface area contributed by atoms with E-state index in [4.69, 9.17) is 9.16 Å². The Balaban J connectivity index is 1.70. The van der Waals surface area contributed by atoms with Gasteiger partial charge >= 0.3 is 5.97 Å². The zero-order chi connectivity index (χ0) is 33.2. The molecule has 2 aliphatic rings. The van der Waals surface area contributed by atoms with E-state index in [2.05, 4.69) is 57.5 Å². The molecule has 0 saturated carbocycles. The monoisotopic (exact) mass is 653 g/mol. The molecule has 2 rings (SSSR count). The zero-order valence-corrected chi connectivity index (χ0v) is 32.1. The Morgan fingerprint density at radius 3 is 1.89 bits per heavy atom. The van der Waals surface area contributed by atoms with E-state index in [1.54, 1.807) is 0 Å². The first-order chi connectivity index (χ1) is 21.5. The minimum atomic E-state index is -1.63. The molecule has 2 saturated heterocycles. The van der Waals surface area contributed by atoms with Crippen molar-refractivity contribution < 1.29 is 19.1 Å². The molecule has 2 fully saturated rings. The van der Waals surface area contributed by atoms with Crippen molar-refractivity contribution in [1.82, 2.24) is 9.80 Å². The van der Waals surface area contributed by atoms with Crippen LogP contribution in [0.1, 0.15) is 150 Å². The first kappa shape index (κ1) is 40.7. The third-order valence-electron chi connectivity index (χ3n) is 11.7. The third-order valence-corrected chi connectivity index (χ3v) is 16.2. The molecule has 2 heterocycles. The van der Waals surface area contributed by atoms with Crippen LogP contribution in [0, 0.1) is 11.3 Å². The van der Waals surface area contributed by atoms with Crippen LogP contribution >= 0.6 is 0 Å². The summed E-state index contributed by atoms with van der Waals surface area (Å²) in [6, 6.07) is -0.0743. The van der Waals surface area contributed by atoms with Crippen LogP contribution < -0.4 is 0 Å². The SMILES string of the molecule is CCCCCCCCC(CCCCCC)C(=O)OCC(CO)N1CCC2(CCN(CCCCO[Si](C)(C)C(C)(C)C)CC2)CC1. The number of hydrogen-bond donors (Lipinski definition) is 1. The largest absolute Gasteiger partial charge is 0.464 e. The number of rotatable bonds is 23. The predicted octanol–water partition coefficient (Wildman–Crippen LogP) is 9.21. The number of ether oxygens (including phenoxy) is 1. The van der Waals surface area contributed by atoms with E-state index >= 15 is 0 Å². The van der Waals surface area contributed by atoms with Gasteiger partial charge in [-0.1, -0.05) is 98.8 Å². The van der Waals surface area contributed by atoms with Gasteiger partial charge in [-0.2, -0.15) is 0 Å². The molecular formula is C38H76N2O4Si. The molecule has 266 valence electrons. The van der Waals surface area contributed by atoms with Gasteiger partial charge in [0.25, 0.3) is 0 Å². The van der Waals surface area contributed by atoms with Crippen molar-refractivity contribution in [1.29, 1.82) is 0 Å². The van der Waals surface area contributed by atoms with E-state index in [9.17, 15) is 9.90 Å². The lowest BCUT2D eigenvalue weighted by Gasteiger charge is -2.48. The number of aliphatic hydroxyl groups is 1. The average molecular weight is 653 g/mol. The van der Waals surface area contributed by atoms with Crippen LogP contribution in [-0.4, -0.2) is 87.8 Å². The van der Waals surface area contributed by atoms with Crippen LogP contribution in [0.5, 0.6) is 0 Å². The van der Waals surface area contributed by atoms with Crippen molar-refractivity contribution >= 4 is 14.3 Å². The quantitative estimate of drug-likeness (QED) is 0.0675. The van der Waals surface area contributed by atoms with Gasteiger partial charge in [0, 0.05) is 6.61 Å². The normalized spacial score (nSPS) is 19.6. The predicted molar refractivity (Wildman–Crippen MR) is 193 cm³/mol. The molecule has 0 radical (unpaired) electrons. The van der Waals surface area contributed by atoms with Gasteiger partial charge in [-0.25, -0.2) is 0 Å².